The van der Waals surface area contributed by atoms with Gasteiger partial charge in [-0.3, -0.25) is 4.98 Å². The Balaban J connectivity index is 2.61. The van der Waals surface area contributed by atoms with Crippen LogP contribution in [0.1, 0.15) is 18.0 Å². The number of hydrogen-bond acceptors (Lipinski definition) is 3. The number of aromatic nitrogens is 1. The number of pyridine rings is 1. The third-order valence-corrected chi connectivity index (χ3v) is 1.55. The first-order valence-electron chi connectivity index (χ1n) is 3.61. The molecule has 11 heavy (non-hydrogen) atoms. The maximum absolute atomic E-state index is 8.60. The SMILES string of the molecule is NC(CCO)c1cccnc1. The molecule has 1 aromatic heterocycles. The predicted molar refractivity (Wildman–Crippen MR) is 42.9 cm³/mol. The fourth-order valence-corrected chi connectivity index (χ4v) is 0.901. The molecular weight excluding hydrogens is 140 g/mol. The van der Waals surface area contributed by atoms with E-state index >= 15 is 0 Å². The number of nitrogens with zero attached hydrogens (tertiary/aromatic N) is 1. The van der Waals surface area contributed by atoms with Crippen LogP contribution in [-0.4, -0.2) is 16.7 Å². The number of aliphatic hydroxyl groups excluding tert-OH is 1. The van der Waals surface area contributed by atoms with Gasteiger partial charge in [0, 0.05) is 25.0 Å². The summed E-state index contributed by atoms with van der Waals surface area (Å²) in [5.74, 6) is 0. The molecule has 3 N–H and O–H groups in total. The van der Waals surface area contributed by atoms with Gasteiger partial charge in [0.05, 0.1) is 0 Å². The average molecular weight is 152 g/mol. The van der Waals surface area contributed by atoms with Crippen LogP contribution < -0.4 is 5.73 Å². The fraction of sp³-hybridized carbons (Fsp3) is 0.375. The van der Waals surface area contributed by atoms with E-state index in [1.54, 1.807) is 12.4 Å². The van der Waals surface area contributed by atoms with Crippen molar-refractivity contribution in [2.45, 2.75) is 12.5 Å². The summed E-state index contributed by atoms with van der Waals surface area (Å²) in [6, 6.07) is 3.66. The van der Waals surface area contributed by atoms with Gasteiger partial charge in [0.25, 0.3) is 0 Å². The van der Waals surface area contributed by atoms with E-state index in [2.05, 4.69) is 4.98 Å². The summed E-state index contributed by atoms with van der Waals surface area (Å²) < 4.78 is 0. The van der Waals surface area contributed by atoms with Gasteiger partial charge in [0.15, 0.2) is 0 Å². The van der Waals surface area contributed by atoms with E-state index in [0.717, 1.165) is 5.56 Å². The molecule has 0 aliphatic heterocycles. The van der Waals surface area contributed by atoms with E-state index in [1.165, 1.54) is 0 Å². The first-order valence-corrected chi connectivity index (χ1v) is 3.61. The molecule has 0 amide bonds. The average Bonchev–Trinajstić information content (AvgIpc) is 2.07. The summed E-state index contributed by atoms with van der Waals surface area (Å²) >= 11 is 0. The smallest absolute Gasteiger partial charge is 0.0449 e. The summed E-state index contributed by atoms with van der Waals surface area (Å²) in [4.78, 5) is 3.93. The van der Waals surface area contributed by atoms with Crippen molar-refractivity contribution in [2.24, 2.45) is 5.73 Å². The van der Waals surface area contributed by atoms with Crippen LogP contribution in [0.15, 0.2) is 24.5 Å². The van der Waals surface area contributed by atoms with Crippen molar-refractivity contribution in [2.75, 3.05) is 6.61 Å². The normalized spacial score (nSPS) is 12.9. The monoisotopic (exact) mass is 152 g/mol. The van der Waals surface area contributed by atoms with E-state index in [-0.39, 0.29) is 12.6 Å². The third kappa shape index (κ3) is 2.29. The summed E-state index contributed by atoms with van der Waals surface area (Å²) in [6.45, 7) is 0.121. The van der Waals surface area contributed by atoms with Crippen molar-refractivity contribution in [1.82, 2.24) is 4.98 Å². The van der Waals surface area contributed by atoms with E-state index in [4.69, 9.17) is 10.8 Å². The Morgan fingerprint density at radius 2 is 2.45 bits per heavy atom. The second-order valence-electron chi connectivity index (χ2n) is 2.41. The van der Waals surface area contributed by atoms with Crippen LogP contribution in [-0.2, 0) is 0 Å². The molecule has 1 heterocycles. The van der Waals surface area contributed by atoms with Crippen LogP contribution in [0.25, 0.3) is 0 Å². The predicted octanol–water partition coefficient (Wildman–Crippen LogP) is 0.464. The maximum atomic E-state index is 8.60. The van der Waals surface area contributed by atoms with Crippen molar-refractivity contribution < 1.29 is 5.11 Å². The lowest BCUT2D eigenvalue weighted by Gasteiger charge is -2.08. The van der Waals surface area contributed by atoms with Gasteiger partial charge in [-0.1, -0.05) is 6.07 Å². The molecule has 1 rings (SSSR count). The van der Waals surface area contributed by atoms with Crippen molar-refractivity contribution in [3.05, 3.63) is 30.1 Å². The van der Waals surface area contributed by atoms with Crippen LogP contribution in [0.5, 0.6) is 0 Å². The highest BCUT2D eigenvalue weighted by Gasteiger charge is 2.02. The highest BCUT2D eigenvalue weighted by atomic mass is 16.3. The van der Waals surface area contributed by atoms with Crippen molar-refractivity contribution in [1.29, 1.82) is 0 Å². The van der Waals surface area contributed by atoms with Gasteiger partial charge in [-0.2, -0.15) is 0 Å². The van der Waals surface area contributed by atoms with Crippen LogP contribution in [0.4, 0.5) is 0 Å². The maximum Gasteiger partial charge on any atom is 0.0449 e. The zero-order valence-corrected chi connectivity index (χ0v) is 6.27. The van der Waals surface area contributed by atoms with Crippen LogP contribution in [0.2, 0.25) is 0 Å². The second kappa shape index (κ2) is 4.05. The topological polar surface area (TPSA) is 59.1 Å². The Kier molecular flexibility index (Phi) is 3.01. The standard InChI is InChI=1S/C8H12N2O/c9-8(3-5-11)7-2-1-4-10-6-7/h1-2,4,6,8,11H,3,5,9H2. The fourth-order valence-electron chi connectivity index (χ4n) is 0.901. The van der Waals surface area contributed by atoms with Crippen molar-refractivity contribution in [3.8, 4) is 0 Å². The minimum atomic E-state index is -0.0892. The van der Waals surface area contributed by atoms with Crippen LogP contribution >= 0.6 is 0 Å². The molecule has 0 spiro atoms. The minimum Gasteiger partial charge on any atom is -0.396 e. The van der Waals surface area contributed by atoms with E-state index in [9.17, 15) is 0 Å². The van der Waals surface area contributed by atoms with Crippen molar-refractivity contribution >= 4 is 0 Å². The summed E-state index contributed by atoms with van der Waals surface area (Å²) in [6.07, 6.45) is 4.02. The molecule has 0 saturated heterocycles. The zero-order valence-electron chi connectivity index (χ0n) is 6.27. The van der Waals surface area contributed by atoms with Gasteiger partial charge < -0.3 is 10.8 Å². The molecular formula is C8H12N2O. The number of aliphatic hydroxyl groups is 1. The van der Waals surface area contributed by atoms with Gasteiger partial charge in [-0.15, -0.1) is 0 Å². The van der Waals surface area contributed by atoms with Gasteiger partial charge in [0.2, 0.25) is 0 Å². The highest BCUT2D eigenvalue weighted by molar-refractivity contribution is 5.12. The first kappa shape index (κ1) is 8.17. The zero-order chi connectivity index (χ0) is 8.10. The number of hydrogen-bond donors (Lipinski definition) is 2. The molecule has 1 aromatic rings. The van der Waals surface area contributed by atoms with Crippen LogP contribution in [0.3, 0.4) is 0 Å². The molecule has 1 unspecified atom stereocenters. The molecule has 0 aliphatic carbocycles. The van der Waals surface area contributed by atoms with Gasteiger partial charge in [-0.25, -0.2) is 0 Å². The van der Waals surface area contributed by atoms with Crippen LogP contribution in [0, 0.1) is 0 Å². The van der Waals surface area contributed by atoms with Gasteiger partial charge >= 0.3 is 0 Å². The summed E-state index contributed by atoms with van der Waals surface area (Å²) in [7, 11) is 0. The molecule has 0 fully saturated rings. The Morgan fingerprint density at radius 1 is 1.64 bits per heavy atom. The minimum absolute atomic E-state index is 0.0892. The molecule has 0 radical (unpaired) electrons. The van der Waals surface area contributed by atoms with E-state index < -0.39 is 0 Å². The molecule has 3 heteroatoms. The lowest BCUT2D eigenvalue weighted by Crippen LogP contribution is -2.11. The number of rotatable bonds is 3. The third-order valence-electron chi connectivity index (χ3n) is 1.55. The number of nitrogens with two attached hydrogens (primary N) is 1. The molecule has 60 valence electrons. The lowest BCUT2D eigenvalue weighted by molar-refractivity contribution is 0.276. The summed E-state index contributed by atoms with van der Waals surface area (Å²) in [5.41, 5.74) is 6.68. The lowest BCUT2D eigenvalue weighted by atomic mass is 10.1. The van der Waals surface area contributed by atoms with E-state index in [1.807, 2.05) is 12.1 Å². The Morgan fingerprint density at radius 3 is 3.00 bits per heavy atom. The largest absolute Gasteiger partial charge is 0.396 e. The Bertz CT molecular complexity index is 201. The molecule has 1 atom stereocenters. The van der Waals surface area contributed by atoms with Gasteiger partial charge in [-0.05, 0) is 18.1 Å². The summed E-state index contributed by atoms with van der Waals surface area (Å²) in [5, 5.41) is 8.60. The molecule has 0 aliphatic rings. The molecule has 0 bridgehead atoms. The quantitative estimate of drug-likeness (QED) is 0.661. The molecule has 3 nitrogen and oxygen atoms in total. The van der Waals surface area contributed by atoms with Crippen molar-refractivity contribution in [3.63, 3.8) is 0 Å². The van der Waals surface area contributed by atoms with Gasteiger partial charge in [0.1, 0.15) is 0 Å². The second-order valence-corrected chi connectivity index (χ2v) is 2.41. The Hall–Kier alpha value is -0.930. The highest BCUT2D eigenvalue weighted by Crippen LogP contribution is 2.10. The first-order chi connectivity index (χ1) is 5.34. The Labute approximate surface area is 65.9 Å². The van der Waals surface area contributed by atoms with E-state index in [0.29, 0.717) is 6.42 Å². The molecule has 0 saturated carbocycles. The molecule has 0 aromatic carbocycles.